The molecule has 154 valence electrons. The molecule has 31 heavy (non-hydrogen) atoms. The van der Waals surface area contributed by atoms with E-state index in [9.17, 15) is 4.79 Å². The zero-order valence-corrected chi connectivity index (χ0v) is 17.9. The highest BCUT2D eigenvalue weighted by atomic mass is 32.2. The van der Waals surface area contributed by atoms with E-state index in [4.69, 9.17) is 4.99 Å². The van der Waals surface area contributed by atoms with E-state index in [1.54, 1.807) is 19.3 Å². The zero-order chi connectivity index (χ0) is 21.5. The minimum absolute atomic E-state index is 0.309. The first-order valence-corrected chi connectivity index (χ1v) is 10.9. The van der Waals surface area contributed by atoms with Crippen LogP contribution in [0.25, 0.3) is 21.9 Å². The maximum atomic E-state index is 12.3. The van der Waals surface area contributed by atoms with Crippen LogP contribution in [0, 0.1) is 0 Å². The lowest BCUT2D eigenvalue weighted by molar-refractivity contribution is 0.250. The molecule has 2 amide bonds. The van der Waals surface area contributed by atoms with Gasteiger partial charge in [-0.2, -0.15) is 0 Å². The molecule has 5 nitrogen and oxygen atoms in total. The Balaban J connectivity index is 1.54. The molecule has 0 aliphatic heterocycles. The first-order valence-electron chi connectivity index (χ1n) is 9.91. The first-order chi connectivity index (χ1) is 15.2. The molecule has 4 aromatic rings. The summed E-state index contributed by atoms with van der Waals surface area (Å²) in [5, 5.41) is 4.96. The van der Waals surface area contributed by atoms with E-state index in [0.717, 1.165) is 33.2 Å². The van der Waals surface area contributed by atoms with Gasteiger partial charge in [-0.25, -0.2) is 9.79 Å². The molecule has 0 bridgehead atoms. The number of amides is 2. The molecule has 0 unspecified atom stereocenters. The molecule has 0 radical (unpaired) electrons. The number of hydrogen-bond acceptors (Lipinski definition) is 4. The topological polar surface area (TPSA) is 66.4 Å². The van der Waals surface area contributed by atoms with Gasteiger partial charge in [-0.05, 0) is 41.5 Å². The molecule has 4 rings (SSSR count). The number of aliphatic imine (C=N–C) groups is 1. The second-order valence-corrected chi connectivity index (χ2v) is 7.73. The highest BCUT2D eigenvalue weighted by Gasteiger charge is 2.10. The number of carbonyl (C=O) groups is 1. The van der Waals surface area contributed by atoms with Crippen molar-refractivity contribution >= 4 is 40.3 Å². The number of hydrogen-bond donors (Lipinski definition) is 2. The molecule has 0 aliphatic rings. The number of rotatable bonds is 5. The van der Waals surface area contributed by atoms with Crippen molar-refractivity contribution in [2.45, 2.75) is 12.7 Å². The van der Waals surface area contributed by atoms with E-state index in [2.05, 4.69) is 51.4 Å². The van der Waals surface area contributed by atoms with Crippen LogP contribution in [0.5, 0.6) is 0 Å². The fourth-order valence-electron chi connectivity index (χ4n) is 3.28. The van der Waals surface area contributed by atoms with Gasteiger partial charge in [0.05, 0.1) is 5.69 Å². The second-order valence-electron chi connectivity index (χ2n) is 6.95. The molecule has 0 fully saturated rings. The van der Waals surface area contributed by atoms with Gasteiger partial charge in [-0.1, -0.05) is 72.8 Å². The van der Waals surface area contributed by atoms with Gasteiger partial charge in [-0.15, -0.1) is 0 Å². The Morgan fingerprint density at radius 3 is 2.58 bits per heavy atom. The van der Waals surface area contributed by atoms with Crippen molar-refractivity contribution in [2.24, 2.45) is 4.99 Å². The summed E-state index contributed by atoms with van der Waals surface area (Å²) in [5.41, 5.74) is 3.98. The van der Waals surface area contributed by atoms with Gasteiger partial charge in [0.2, 0.25) is 0 Å². The third-order valence-corrected chi connectivity index (χ3v) is 5.49. The number of nitrogens with one attached hydrogen (secondary N) is 2. The maximum Gasteiger partial charge on any atom is 0.330 e. The van der Waals surface area contributed by atoms with Crippen molar-refractivity contribution in [1.82, 2.24) is 15.0 Å². The van der Waals surface area contributed by atoms with Crippen LogP contribution >= 0.6 is 11.9 Å². The number of pyridine rings is 1. The number of amidine groups is 1. The van der Waals surface area contributed by atoms with Crippen LogP contribution in [0.4, 0.5) is 10.5 Å². The molecular formula is C25H22N4OS. The summed E-state index contributed by atoms with van der Waals surface area (Å²) in [6, 6.07) is 26.0. The number of carbonyl (C=O) groups excluding carboxylic acids is 1. The van der Waals surface area contributed by atoms with Crippen molar-refractivity contribution < 1.29 is 4.79 Å². The number of fused-ring (bicyclic) bond motifs is 1. The van der Waals surface area contributed by atoms with Gasteiger partial charge < -0.3 is 0 Å². The van der Waals surface area contributed by atoms with Crippen molar-refractivity contribution in [1.29, 1.82) is 0 Å². The molecule has 0 saturated carbocycles. The fourth-order valence-corrected chi connectivity index (χ4v) is 3.87. The molecule has 2 N–H and O–H groups in total. The highest BCUT2D eigenvalue weighted by Crippen LogP contribution is 2.37. The lowest BCUT2D eigenvalue weighted by Gasteiger charge is -2.12. The Kier molecular flexibility index (Phi) is 6.59. The average Bonchev–Trinajstić information content (AvgIpc) is 2.80. The Hall–Kier alpha value is -3.64. The van der Waals surface area contributed by atoms with Crippen molar-refractivity contribution in [3.63, 3.8) is 0 Å². The fraction of sp³-hybridized carbons (Fsp3) is 0.0800. The maximum absolute atomic E-state index is 12.3. The van der Waals surface area contributed by atoms with Gasteiger partial charge in [0, 0.05) is 29.1 Å². The number of aromatic nitrogens is 1. The van der Waals surface area contributed by atoms with Crippen LogP contribution in [-0.4, -0.2) is 16.9 Å². The molecule has 0 aliphatic carbocycles. The van der Waals surface area contributed by atoms with Crippen LogP contribution in [-0.2, 0) is 5.75 Å². The number of urea groups is 1. The Bertz CT molecular complexity index is 1210. The second kappa shape index (κ2) is 9.91. The molecule has 0 atom stereocenters. The monoisotopic (exact) mass is 426 g/mol. The summed E-state index contributed by atoms with van der Waals surface area (Å²) >= 11 is 1.31. The summed E-state index contributed by atoms with van der Waals surface area (Å²) in [7, 11) is 0. The van der Waals surface area contributed by atoms with Crippen LogP contribution in [0.1, 0.15) is 12.5 Å². The normalized spacial score (nSPS) is 11.3. The van der Waals surface area contributed by atoms with Crippen LogP contribution < -0.4 is 10.0 Å². The Morgan fingerprint density at radius 1 is 0.968 bits per heavy atom. The third kappa shape index (κ3) is 5.29. The predicted octanol–water partition coefficient (Wildman–Crippen LogP) is 6.10. The Labute approximate surface area is 185 Å². The van der Waals surface area contributed by atoms with Gasteiger partial charge >= 0.3 is 6.03 Å². The first kappa shape index (κ1) is 20.6. The van der Waals surface area contributed by atoms with Crippen molar-refractivity contribution in [2.75, 3.05) is 0 Å². The number of nitrogens with zero attached hydrogens (tertiary/aromatic N) is 2. The van der Waals surface area contributed by atoms with E-state index in [0.29, 0.717) is 11.6 Å². The summed E-state index contributed by atoms with van der Waals surface area (Å²) < 4.78 is 2.79. The van der Waals surface area contributed by atoms with Crippen molar-refractivity contribution in [3.8, 4) is 11.1 Å². The van der Waals surface area contributed by atoms with Gasteiger partial charge in [0.15, 0.2) is 0 Å². The largest absolute Gasteiger partial charge is 0.330 e. The van der Waals surface area contributed by atoms with Gasteiger partial charge in [-0.3, -0.25) is 15.0 Å². The molecule has 0 saturated heterocycles. The van der Waals surface area contributed by atoms with E-state index < -0.39 is 0 Å². The van der Waals surface area contributed by atoms with E-state index >= 15 is 0 Å². The van der Waals surface area contributed by atoms with Gasteiger partial charge in [0.25, 0.3) is 0 Å². The summed E-state index contributed by atoms with van der Waals surface area (Å²) in [4.78, 5) is 21.2. The number of benzene rings is 3. The van der Waals surface area contributed by atoms with Gasteiger partial charge in [0.1, 0.15) is 5.84 Å². The van der Waals surface area contributed by atoms with E-state index in [1.807, 2.05) is 42.5 Å². The smallest absolute Gasteiger partial charge is 0.295 e. The molecule has 0 spiro atoms. The SMILES string of the molecule is CC(=Nc1c(-c2ccccc2)ccc2ccccc12)NC(=O)NSCc1cccnc1. The van der Waals surface area contributed by atoms with Crippen LogP contribution in [0.2, 0.25) is 0 Å². The summed E-state index contributed by atoms with van der Waals surface area (Å²) in [6.45, 7) is 1.79. The average molecular weight is 427 g/mol. The molecule has 1 aromatic heterocycles. The minimum atomic E-state index is -0.309. The zero-order valence-electron chi connectivity index (χ0n) is 17.1. The molecular weight excluding hydrogens is 404 g/mol. The highest BCUT2D eigenvalue weighted by molar-refractivity contribution is 7.97. The summed E-state index contributed by atoms with van der Waals surface area (Å²) in [5.74, 6) is 1.16. The summed E-state index contributed by atoms with van der Waals surface area (Å²) in [6.07, 6.45) is 3.51. The van der Waals surface area contributed by atoms with E-state index in [1.165, 1.54) is 11.9 Å². The van der Waals surface area contributed by atoms with Crippen molar-refractivity contribution in [3.05, 3.63) is 96.8 Å². The lowest BCUT2D eigenvalue weighted by atomic mass is 9.98. The Morgan fingerprint density at radius 2 is 1.77 bits per heavy atom. The molecule has 1 heterocycles. The molecule has 3 aromatic carbocycles. The quantitative estimate of drug-likeness (QED) is 0.230. The third-order valence-electron chi connectivity index (χ3n) is 4.69. The van der Waals surface area contributed by atoms with E-state index in [-0.39, 0.29) is 6.03 Å². The lowest BCUT2D eigenvalue weighted by Crippen LogP contribution is -2.34. The van der Waals surface area contributed by atoms with Crippen LogP contribution in [0.15, 0.2) is 96.2 Å². The minimum Gasteiger partial charge on any atom is -0.295 e. The standard InChI is InChI=1S/C25H22N4OS/c1-18(28-25(30)29-31-17-19-8-7-15-26-16-19)27-24-22-12-6-5-11-21(22)13-14-23(24)20-9-3-2-4-10-20/h2-16H,17H2,1H3,(H2,27,28,29,30). The van der Waals surface area contributed by atoms with Crippen LogP contribution in [0.3, 0.4) is 0 Å². The predicted molar refractivity (Wildman–Crippen MR) is 129 cm³/mol. The molecule has 6 heteroatoms.